The quantitative estimate of drug-likeness (QED) is 0.500. The van der Waals surface area contributed by atoms with Crippen LogP contribution in [0.25, 0.3) is 0 Å². The highest BCUT2D eigenvalue weighted by Gasteiger charge is 2.37. The number of rotatable bonds is 7. The van der Waals surface area contributed by atoms with Gasteiger partial charge in [-0.3, -0.25) is 14.0 Å². The molecule has 0 aromatic heterocycles. The van der Waals surface area contributed by atoms with Gasteiger partial charge in [-0.25, -0.2) is 8.42 Å². The number of nitrogens with one attached hydrogen (secondary N) is 1. The predicted molar refractivity (Wildman–Crippen MR) is 140 cm³/mol. The number of likely N-dealkylation sites (tertiary alicyclic amines) is 1. The summed E-state index contributed by atoms with van der Waals surface area (Å²) in [5, 5.41) is 3.34. The maximum absolute atomic E-state index is 13.5. The van der Waals surface area contributed by atoms with Crippen molar-refractivity contribution in [3.05, 3.63) is 88.9 Å². The third-order valence-electron chi connectivity index (χ3n) is 6.58. The summed E-state index contributed by atoms with van der Waals surface area (Å²) in [5.74, 6) is -0.0837. The Hall–Kier alpha value is -3.07. The summed E-state index contributed by atoms with van der Waals surface area (Å²) in [5.41, 5.74) is 2.53. The Morgan fingerprint density at radius 2 is 1.67 bits per heavy atom. The maximum atomic E-state index is 13.5. The average molecular weight is 526 g/mol. The molecule has 1 atom stereocenters. The average Bonchev–Trinajstić information content (AvgIpc) is 3.41. The van der Waals surface area contributed by atoms with Crippen molar-refractivity contribution in [3.8, 4) is 5.75 Å². The van der Waals surface area contributed by atoms with Crippen molar-refractivity contribution in [1.29, 1.82) is 0 Å². The van der Waals surface area contributed by atoms with E-state index in [9.17, 15) is 13.2 Å². The van der Waals surface area contributed by atoms with E-state index in [1.165, 1.54) is 34.8 Å². The number of hydrogen-bond acceptors (Lipinski definition) is 5. The first-order chi connectivity index (χ1) is 17.4. The van der Waals surface area contributed by atoms with Crippen LogP contribution >= 0.6 is 11.6 Å². The molecule has 36 heavy (non-hydrogen) atoms. The summed E-state index contributed by atoms with van der Waals surface area (Å²) in [6.45, 7) is 3.20. The number of benzene rings is 3. The summed E-state index contributed by atoms with van der Waals surface area (Å²) >= 11 is 6.17. The number of sulfonamides is 1. The van der Waals surface area contributed by atoms with Gasteiger partial charge in [0.1, 0.15) is 5.75 Å². The Bertz CT molecular complexity index is 1340. The molecule has 3 aromatic carbocycles. The van der Waals surface area contributed by atoms with Crippen LogP contribution in [0.4, 0.5) is 5.69 Å². The zero-order chi connectivity index (χ0) is 25.1. The molecule has 3 aromatic rings. The Morgan fingerprint density at radius 3 is 2.42 bits per heavy atom. The van der Waals surface area contributed by atoms with Crippen molar-refractivity contribution in [1.82, 2.24) is 10.2 Å². The fraction of sp³-hybridized carbons (Fsp3) is 0.296. The van der Waals surface area contributed by atoms with E-state index in [2.05, 4.69) is 16.3 Å². The van der Waals surface area contributed by atoms with Gasteiger partial charge in [0, 0.05) is 18.1 Å². The normalized spacial score (nSPS) is 17.9. The van der Waals surface area contributed by atoms with Gasteiger partial charge in [-0.2, -0.15) is 0 Å². The lowest BCUT2D eigenvalue weighted by Gasteiger charge is -2.35. The molecule has 7 nitrogen and oxygen atoms in total. The van der Waals surface area contributed by atoms with E-state index in [-0.39, 0.29) is 17.3 Å². The van der Waals surface area contributed by atoms with Gasteiger partial charge in [0.05, 0.1) is 17.1 Å². The lowest BCUT2D eigenvalue weighted by atomic mass is 10.1. The molecule has 2 aliphatic rings. The molecular formula is C27H28ClN3O4S. The van der Waals surface area contributed by atoms with Crippen LogP contribution in [0.1, 0.15) is 24.0 Å². The van der Waals surface area contributed by atoms with Crippen LogP contribution in [0.15, 0.2) is 77.7 Å². The highest BCUT2D eigenvalue weighted by atomic mass is 35.5. The van der Waals surface area contributed by atoms with Crippen LogP contribution in [-0.2, 0) is 27.9 Å². The van der Waals surface area contributed by atoms with Crippen molar-refractivity contribution in [2.24, 2.45) is 0 Å². The summed E-state index contributed by atoms with van der Waals surface area (Å²) in [4.78, 5) is 15.8. The first-order valence-electron chi connectivity index (χ1n) is 12.0. The molecule has 5 rings (SSSR count). The van der Waals surface area contributed by atoms with Crippen LogP contribution in [0.3, 0.4) is 0 Å². The summed E-state index contributed by atoms with van der Waals surface area (Å²) < 4.78 is 34.2. The molecule has 0 spiro atoms. The monoisotopic (exact) mass is 525 g/mol. The number of nitrogens with zero attached hydrogens (tertiary/aromatic N) is 2. The lowest BCUT2D eigenvalue weighted by molar-refractivity contribution is -0.127. The number of hydrogen-bond donors (Lipinski definition) is 1. The number of halogens is 1. The molecule has 2 heterocycles. The standard InChI is InChI=1S/C27H28ClN3O4S/c28-22-12-13-25-24(16-22)31(36(33,34)23-10-2-1-3-11-23)19-26(35-25)27(32)29-17-20-8-4-5-9-21(20)18-30-14-6-7-15-30/h1-5,8-13,16,26H,6-7,14-15,17-19H2,(H,29,32)/t26-/m1/s1. The van der Waals surface area contributed by atoms with Crippen molar-refractivity contribution in [2.45, 2.75) is 36.9 Å². The second-order valence-corrected chi connectivity index (χ2v) is 11.3. The molecule has 1 fully saturated rings. The van der Waals surface area contributed by atoms with Gasteiger partial charge in [0.25, 0.3) is 15.9 Å². The first kappa shape index (κ1) is 24.6. The van der Waals surface area contributed by atoms with E-state index in [0.29, 0.717) is 23.0 Å². The third kappa shape index (κ3) is 5.21. The maximum Gasteiger partial charge on any atom is 0.264 e. The highest BCUT2D eigenvalue weighted by Crippen LogP contribution is 2.38. The van der Waals surface area contributed by atoms with Crippen LogP contribution in [0.2, 0.25) is 5.02 Å². The molecule has 0 unspecified atom stereocenters. The molecule has 0 radical (unpaired) electrons. The van der Waals surface area contributed by atoms with Crippen LogP contribution in [0, 0.1) is 0 Å². The molecule has 1 saturated heterocycles. The van der Waals surface area contributed by atoms with Gasteiger partial charge in [-0.1, -0.05) is 54.1 Å². The molecule has 9 heteroatoms. The molecule has 0 aliphatic carbocycles. The van der Waals surface area contributed by atoms with Gasteiger partial charge in [-0.05, 0) is 67.4 Å². The second-order valence-electron chi connectivity index (χ2n) is 9.04. The summed E-state index contributed by atoms with van der Waals surface area (Å²) in [6, 6.07) is 21.0. The van der Waals surface area contributed by atoms with E-state index in [4.69, 9.17) is 16.3 Å². The Labute approximate surface area is 216 Å². The van der Waals surface area contributed by atoms with E-state index in [1.54, 1.807) is 36.4 Å². The van der Waals surface area contributed by atoms with E-state index in [1.807, 2.05) is 18.2 Å². The van der Waals surface area contributed by atoms with Gasteiger partial charge in [-0.15, -0.1) is 0 Å². The minimum absolute atomic E-state index is 0.132. The van der Waals surface area contributed by atoms with Crippen LogP contribution in [-0.4, -0.2) is 45.0 Å². The molecule has 0 saturated carbocycles. The van der Waals surface area contributed by atoms with Crippen LogP contribution in [0.5, 0.6) is 5.75 Å². The molecule has 1 N–H and O–H groups in total. The topological polar surface area (TPSA) is 79.0 Å². The smallest absolute Gasteiger partial charge is 0.264 e. The molecular weight excluding hydrogens is 498 g/mol. The number of fused-ring (bicyclic) bond motifs is 1. The summed E-state index contributed by atoms with van der Waals surface area (Å²) in [7, 11) is -3.94. The molecule has 2 aliphatic heterocycles. The van der Waals surface area contributed by atoms with E-state index < -0.39 is 16.1 Å². The van der Waals surface area contributed by atoms with Crippen molar-refractivity contribution < 1.29 is 17.9 Å². The number of carbonyl (C=O) groups is 1. The van der Waals surface area contributed by atoms with Crippen molar-refractivity contribution in [2.75, 3.05) is 23.9 Å². The molecule has 188 valence electrons. The van der Waals surface area contributed by atoms with Crippen molar-refractivity contribution in [3.63, 3.8) is 0 Å². The van der Waals surface area contributed by atoms with E-state index >= 15 is 0 Å². The molecule has 1 amide bonds. The largest absolute Gasteiger partial charge is 0.476 e. The predicted octanol–water partition coefficient (Wildman–Crippen LogP) is 4.21. The van der Waals surface area contributed by atoms with E-state index in [0.717, 1.165) is 25.2 Å². The van der Waals surface area contributed by atoms with Gasteiger partial charge in [0.15, 0.2) is 6.10 Å². The number of ether oxygens (including phenoxy) is 1. The third-order valence-corrected chi connectivity index (χ3v) is 8.61. The minimum Gasteiger partial charge on any atom is -0.476 e. The zero-order valence-electron chi connectivity index (χ0n) is 19.8. The second kappa shape index (κ2) is 10.5. The minimum atomic E-state index is -3.94. The Kier molecular flexibility index (Phi) is 7.18. The Morgan fingerprint density at radius 1 is 0.972 bits per heavy atom. The first-order valence-corrected chi connectivity index (χ1v) is 13.8. The van der Waals surface area contributed by atoms with Gasteiger partial charge >= 0.3 is 0 Å². The van der Waals surface area contributed by atoms with Crippen LogP contribution < -0.4 is 14.4 Å². The number of amides is 1. The lowest BCUT2D eigenvalue weighted by Crippen LogP contribution is -2.50. The Balaban J connectivity index is 1.35. The van der Waals surface area contributed by atoms with Crippen molar-refractivity contribution >= 4 is 33.2 Å². The van der Waals surface area contributed by atoms with Gasteiger partial charge < -0.3 is 10.1 Å². The highest BCUT2D eigenvalue weighted by molar-refractivity contribution is 7.92. The summed E-state index contributed by atoms with van der Waals surface area (Å²) in [6.07, 6.45) is 1.42. The number of carbonyl (C=O) groups excluding carboxylic acids is 1. The zero-order valence-corrected chi connectivity index (χ0v) is 21.3. The fourth-order valence-corrected chi connectivity index (χ4v) is 6.33. The SMILES string of the molecule is O=C(NCc1ccccc1CN1CCCC1)[C@H]1CN(S(=O)(=O)c2ccccc2)c2cc(Cl)ccc2O1. The number of anilines is 1. The van der Waals surface area contributed by atoms with Gasteiger partial charge in [0.2, 0.25) is 0 Å². The molecule has 0 bridgehead atoms. The fourth-order valence-electron chi connectivity index (χ4n) is 4.67.